The van der Waals surface area contributed by atoms with Crippen LogP contribution in [0.25, 0.3) is 11.1 Å². The number of benzene rings is 4. The van der Waals surface area contributed by atoms with E-state index in [9.17, 15) is 9.59 Å². The Hall–Kier alpha value is -4.18. The van der Waals surface area contributed by atoms with Gasteiger partial charge >= 0.3 is 11.9 Å². The van der Waals surface area contributed by atoms with Crippen molar-refractivity contribution in [2.24, 2.45) is 0 Å². The highest BCUT2D eigenvalue weighted by atomic mass is 16.5. The first-order chi connectivity index (χ1) is 14.7. The first-order valence-corrected chi connectivity index (χ1v) is 9.44. The Morgan fingerprint density at radius 1 is 0.433 bits per heavy atom. The molecule has 0 heterocycles. The van der Waals surface area contributed by atoms with Crippen molar-refractivity contribution in [1.82, 2.24) is 0 Å². The molecule has 4 aromatic carbocycles. The summed E-state index contributed by atoms with van der Waals surface area (Å²) in [6, 6.07) is 32.2. The number of carbonyl (C=O) groups excluding carboxylic acids is 2. The molecule has 0 aliphatic heterocycles. The van der Waals surface area contributed by atoms with E-state index in [2.05, 4.69) is 0 Å². The van der Waals surface area contributed by atoms with E-state index in [0.29, 0.717) is 22.6 Å². The summed E-state index contributed by atoms with van der Waals surface area (Å²) in [5, 5.41) is 0. The van der Waals surface area contributed by atoms with Crippen molar-refractivity contribution in [2.75, 3.05) is 0 Å². The number of rotatable bonds is 5. The second kappa shape index (κ2) is 8.88. The van der Waals surface area contributed by atoms with E-state index in [1.54, 1.807) is 60.7 Å². The fraction of sp³-hybridized carbons (Fsp3) is 0. The van der Waals surface area contributed by atoms with E-state index in [0.717, 1.165) is 11.1 Å². The summed E-state index contributed by atoms with van der Waals surface area (Å²) in [6.45, 7) is 0. The van der Waals surface area contributed by atoms with Crippen LogP contribution < -0.4 is 9.47 Å². The van der Waals surface area contributed by atoms with Gasteiger partial charge in [0.15, 0.2) is 0 Å². The third-order valence-electron chi connectivity index (χ3n) is 4.48. The molecule has 0 aromatic heterocycles. The average Bonchev–Trinajstić information content (AvgIpc) is 2.81. The molecule has 0 fully saturated rings. The van der Waals surface area contributed by atoms with E-state index in [4.69, 9.17) is 9.47 Å². The molecule has 0 aliphatic carbocycles. The molecule has 0 spiro atoms. The van der Waals surface area contributed by atoms with Gasteiger partial charge in [-0.15, -0.1) is 0 Å². The zero-order valence-electron chi connectivity index (χ0n) is 16.0. The molecule has 0 bridgehead atoms. The van der Waals surface area contributed by atoms with E-state index in [1.807, 2.05) is 48.5 Å². The Kier molecular flexibility index (Phi) is 5.67. The molecule has 0 unspecified atom stereocenters. The lowest BCUT2D eigenvalue weighted by molar-refractivity contribution is 0.0730. The van der Waals surface area contributed by atoms with Crippen molar-refractivity contribution in [3.8, 4) is 22.6 Å². The summed E-state index contributed by atoms with van der Waals surface area (Å²) in [7, 11) is 0. The van der Waals surface area contributed by atoms with Gasteiger partial charge in [-0.25, -0.2) is 9.59 Å². The zero-order valence-corrected chi connectivity index (χ0v) is 16.0. The van der Waals surface area contributed by atoms with Crippen LogP contribution in [0.4, 0.5) is 0 Å². The zero-order chi connectivity index (χ0) is 20.8. The average molecular weight is 394 g/mol. The Bertz CT molecular complexity index is 1130. The fourth-order valence-electron chi connectivity index (χ4n) is 2.91. The molecule has 4 nitrogen and oxygen atoms in total. The van der Waals surface area contributed by atoms with Crippen LogP contribution in [0.1, 0.15) is 20.7 Å². The predicted molar refractivity (Wildman–Crippen MR) is 115 cm³/mol. The van der Waals surface area contributed by atoms with Crippen molar-refractivity contribution in [1.29, 1.82) is 0 Å². The molecule has 0 atom stereocenters. The summed E-state index contributed by atoms with van der Waals surface area (Å²) in [5.41, 5.74) is 2.91. The molecule has 0 radical (unpaired) electrons. The van der Waals surface area contributed by atoms with E-state index >= 15 is 0 Å². The molecule has 0 aliphatic rings. The summed E-state index contributed by atoms with van der Waals surface area (Å²) in [6.07, 6.45) is 0. The van der Waals surface area contributed by atoms with Gasteiger partial charge in [-0.1, -0.05) is 60.7 Å². The van der Waals surface area contributed by atoms with Gasteiger partial charge < -0.3 is 9.47 Å². The predicted octanol–water partition coefficient (Wildman–Crippen LogP) is 5.79. The molecule has 4 aromatic rings. The van der Waals surface area contributed by atoms with Crippen molar-refractivity contribution < 1.29 is 19.1 Å². The van der Waals surface area contributed by atoms with Gasteiger partial charge in [0, 0.05) is 0 Å². The smallest absolute Gasteiger partial charge is 0.343 e. The molecule has 4 heteroatoms. The van der Waals surface area contributed by atoms with Crippen LogP contribution in [-0.4, -0.2) is 11.9 Å². The van der Waals surface area contributed by atoms with Gasteiger partial charge in [-0.05, 0) is 59.7 Å². The van der Waals surface area contributed by atoms with Gasteiger partial charge in [0.1, 0.15) is 11.5 Å². The van der Waals surface area contributed by atoms with Crippen LogP contribution in [0.15, 0.2) is 109 Å². The number of esters is 2. The summed E-state index contributed by atoms with van der Waals surface area (Å²) < 4.78 is 10.7. The lowest BCUT2D eigenvalue weighted by Crippen LogP contribution is -2.10. The van der Waals surface area contributed by atoms with Crippen molar-refractivity contribution in [3.63, 3.8) is 0 Å². The number of hydrogen-bond acceptors (Lipinski definition) is 4. The van der Waals surface area contributed by atoms with Crippen LogP contribution in [-0.2, 0) is 0 Å². The highest BCUT2D eigenvalue weighted by Gasteiger charge is 2.12. The van der Waals surface area contributed by atoms with Crippen LogP contribution in [0.3, 0.4) is 0 Å². The quantitative estimate of drug-likeness (QED) is 0.317. The molecular formula is C26H18O4. The maximum atomic E-state index is 12.4. The maximum absolute atomic E-state index is 12.4. The van der Waals surface area contributed by atoms with E-state index < -0.39 is 11.9 Å². The Morgan fingerprint density at radius 3 is 1.37 bits per heavy atom. The fourth-order valence-corrected chi connectivity index (χ4v) is 2.91. The molecule has 4 rings (SSSR count). The van der Waals surface area contributed by atoms with E-state index in [1.165, 1.54) is 0 Å². The summed E-state index contributed by atoms with van der Waals surface area (Å²) in [5.74, 6) is -0.120. The van der Waals surface area contributed by atoms with Crippen LogP contribution in [0.2, 0.25) is 0 Å². The standard InChI is InChI=1S/C26H18O4/c27-25(21-13-11-20(12-14-21)19-7-3-1-4-8-19)30-24-17-15-22(16-18-24)26(28)29-23-9-5-2-6-10-23/h1-18H. The van der Waals surface area contributed by atoms with Gasteiger partial charge in [0.2, 0.25) is 0 Å². The first kappa shape index (κ1) is 19.2. The van der Waals surface area contributed by atoms with Gasteiger partial charge in [-0.2, -0.15) is 0 Å². The summed E-state index contributed by atoms with van der Waals surface area (Å²) in [4.78, 5) is 24.6. The minimum Gasteiger partial charge on any atom is -0.423 e. The van der Waals surface area contributed by atoms with Crippen molar-refractivity contribution in [2.45, 2.75) is 0 Å². The molecular weight excluding hydrogens is 376 g/mol. The second-order valence-corrected chi connectivity index (χ2v) is 6.56. The number of carbonyl (C=O) groups is 2. The molecule has 146 valence electrons. The lowest BCUT2D eigenvalue weighted by Gasteiger charge is -2.07. The minimum atomic E-state index is -0.476. The monoisotopic (exact) mass is 394 g/mol. The van der Waals surface area contributed by atoms with Crippen LogP contribution in [0.5, 0.6) is 11.5 Å². The minimum absolute atomic E-state index is 0.350. The normalized spacial score (nSPS) is 10.3. The lowest BCUT2D eigenvalue weighted by atomic mass is 10.0. The van der Waals surface area contributed by atoms with E-state index in [-0.39, 0.29) is 0 Å². The first-order valence-electron chi connectivity index (χ1n) is 9.44. The third kappa shape index (κ3) is 4.62. The van der Waals surface area contributed by atoms with Crippen molar-refractivity contribution >= 4 is 11.9 Å². The second-order valence-electron chi connectivity index (χ2n) is 6.56. The Labute approximate surface area is 174 Å². The Morgan fingerprint density at radius 2 is 0.833 bits per heavy atom. The van der Waals surface area contributed by atoms with Crippen molar-refractivity contribution in [3.05, 3.63) is 120 Å². The van der Waals surface area contributed by atoms with Crippen LogP contribution >= 0.6 is 0 Å². The maximum Gasteiger partial charge on any atom is 0.343 e. The highest BCUT2D eigenvalue weighted by Crippen LogP contribution is 2.21. The van der Waals surface area contributed by atoms with Gasteiger partial charge in [0.25, 0.3) is 0 Å². The SMILES string of the molecule is O=C(Oc1ccccc1)c1ccc(OC(=O)c2ccc(-c3ccccc3)cc2)cc1. The molecule has 0 N–H and O–H groups in total. The number of para-hydroxylation sites is 1. The molecule has 30 heavy (non-hydrogen) atoms. The molecule has 0 amide bonds. The largest absolute Gasteiger partial charge is 0.423 e. The van der Waals surface area contributed by atoms with Gasteiger partial charge in [0.05, 0.1) is 11.1 Å². The number of hydrogen-bond donors (Lipinski definition) is 0. The highest BCUT2D eigenvalue weighted by molar-refractivity contribution is 5.93. The molecule has 0 saturated heterocycles. The Balaban J connectivity index is 1.39. The third-order valence-corrected chi connectivity index (χ3v) is 4.48. The number of ether oxygens (including phenoxy) is 2. The van der Waals surface area contributed by atoms with Gasteiger partial charge in [-0.3, -0.25) is 0 Å². The van der Waals surface area contributed by atoms with Crippen LogP contribution in [0, 0.1) is 0 Å². The topological polar surface area (TPSA) is 52.6 Å². The molecule has 0 saturated carbocycles. The summed E-state index contributed by atoms with van der Waals surface area (Å²) >= 11 is 0.